The van der Waals surface area contributed by atoms with E-state index in [1.807, 2.05) is 20.4 Å². The zero-order chi connectivity index (χ0) is 32.6. The van der Waals surface area contributed by atoms with Gasteiger partial charge in [-0.3, -0.25) is 9.59 Å². The Balaban J connectivity index is 2.03. The van der Waals surface area contributed by atoms with E-state index >= 15 is 0 Å². The van der Waals surface area contributed by atoms with Crippen molar-refractivity contribution in [1.29, 1.82) is 0 Å². The smallest absolute Gasteiger partial charge is 0.339 e. The first-order valence-electron chi connectivity index (χ1n) is 14.9. The van der Waals surface area contributed by atoms with Gasteiger partial charge in [0.2, 0.25) is 0 Å². The molecular formula is C31H49NO8Si3. The van der Waals surface area contributed by atoms with Crippen LogP contribution in [0.4, 0.5) is 5.69 Å². The number of ether oxygens (including phenoxy) is 2. The summed E-state index contributed by atoms with van der Waals surface area (Å²) >= 11 is 0. The molecule has 238 valence electrons. The van der Waals surface area contributed by atoms with E-state index in [4.69, 9.17) is 17.7 Å². The lowest BCUT2D eigenvalue weighted by Crippen LogP contribution is -2.53. The van der Waals surface area contributed by atoms with Crippen molar-refractivity contribution in [3.8, 4) is 5.75 Å². The van der Waals surface area contributed by atoms with Gasteiger partial charge in [-0.15, -0.1) is 0 Å². The van der Waals surface area contributed by atoms with Gasteiger partial charge in [0.1, 0.15) is 19.0 Å². The van der Waals surface area contributed by atoms with Gasteiger partial charge in [0.15, 0.2) is 22.4 Å². The number of aromatic hydroxyl groups is 1. The summed E-state index contributed by atoms with van der Waals surface area (Å²) in [5, 5.41) is 10.6. The lowest BCUT2D eigenvalue weighted by atomic mass is 9.97. The minimum Gasteiger partial charge on any atom is -0.507 e. The van der Waals surface area contributed by atoms with Gasteiger partial charge in [0.25, 0.3) is 0 Å². The first kappa shape index (κ1) is 36.4. The first-order valence-corrected chi connectivity index (χ1v) is 24.2. The van der Waals surface area contributed by atoms with E-state index < -0.39 is 48.8 Å². The van der Waals surface area contributed by atoms with E-state index in [1.165, 1.54) is 12.1 Å². The number of carbonyl (C=O) groups excluding carboxylic acids is 3. The molecule has 9 nitrogen and oxygen atoms in total. The van der Waals surface area contributed by atoms with Gasteiger partial charge in [-0.2, -0.15) is 0 Å². The highest BCUT2D eigenvalue weighted by atomic mass is 28.5. The van der Waals surface area contributed by atoms with Gasteiger partial charge in [0, 0.05) is 36.5 Å². The van der Waals surface area contributed by atoms with Crippen LogP contribution < -0.4 is 4.90 Å². The van der Waals surface area contributed by atoms with E-state index in [0.29, 0.717) is 6.04 Å². The molecule has 0 saturated heterocycles. The molecule has 1 atom stereocenters. The summed E-state index contributed by atoms with van der Waals surface area (Å²) in [6.45, 7) is 21.7. The molecule has 0 bridgehead atoms. The van der Waals surface area contributed by atoms with Gasteiger partial charge < -0.3 is 27.7 Å². The molecule has 2 rings (SSSR count). The van der Waals surface area contributed by atoms with Crippen LogP contribution in [0.15, 0.2) is 42.5 Å². The largest absolute Gasteiger partial charge is 0.507 e. The van der Waals surface area contributed by atoms with Gasteiger partial charge in [-0.25, -0.2) is 4.79 Å². The van der Waals surface area contributed by atoms with Crippen LogP contribution in [-0.4, -0.2) is 74.3 Å². The summed E-state index contributed by atoms with van der Waals surface area (Å²) in [6.07, 6.45) is 0. The Hall–Kier alpha value is -2.78. The Morgan fingerprint density at radius 1 is 0.791 bits per heavy atom. The SMILES string of the molecule is CCN(CC)c1ccc(C(=O)c2ccccc2C(=O)OCCOC(=O)C(C)C[Si](C)(O[Si](C)(C)C)O[Si](C)(C)C)c(O)c1. The molecule has 0 aliphatic rings. The highest BCUT2D eigenvalue weighted by Crippen LogP contribution is 2.29. The molecule has 0 fully saturated rings. The number of hydrogen-bond donors (Lipinski definition) is 1. The van der Waals surface area contributed by atoms with Gasteiger partial charge >= 0.3 is 20.5 Å². The second kappa shape index (κ2) is 15.3. The predicted molar refractivity (Wildman–Crippen MR) is 177 cm³/mol. The van der Waals surface area contributed by atoms with Crippen molar-refractivity contribution in [2.45, 2.75) is 72.6 Å². The number of ketones is 1. The first-order chi connectivity index (χ1) is 19.9. The molecule has 43 heavy (non-hydrogen) atoms. The molecule has 0 saturated carbocycles. The third-order valence-corrected chi connectivity index (χ3v) is 16.1. The van der Waals surface area contributed by atoms with E-state index in [1.54, 1.807) is 37.3 Å². The molecule has 0 radical (unpaired) electrons. The number of phenolic OH excluding ortho intramolecular Hbond substituents is 1. The van der Waals surface area contributed by atoms with Crippen LogP contribution in [-0.2, 0) is 22.5 Å². The lowest BCUT2D eigenvalue weighted by Gasteiger charge is -2.39. The highest BCUT2D eigenvalue weighted by Gasteiger charge is 2.42. The van der Waals surface area contributed by atoms with Crippen molar-refractivity contribution in [1.82, 2.24) is 0 Å². The summed E-state index contributed by atoms with van der Waals surface area (Å²) < 4.78 is 23.8. The molecule has 1 N–H and O–H groups in total. The summed E-state index contributed by atoms with van der Waals surface area (Å²) in [4.78, 5) is 41.1. The van der Waals surface area contributed by atoms with Gasteiger partial charge in [-0.05, 0) is 77.9 Å². The summed E-state index contributed by atoms with van der Waals surface area (Å²) in [7, 11) is -6.45. The number of esters is 2. The maximum Gasteiger partial charge on any atom is 0.339 e. The van der Waals surface area contributed by atoms with Crippen molar-refractivity contribution < 1.29 is 37.2 Å². The molecular weight excluding hydrogens is 599 g/mol. The summed E-state index contributed by atoms with van der Waals surface area (Å²) in [5.41, 5.74) is 1.06. The molecule has 0 heterocycles. The van der Waals surface area contributed by atoms with E-state index in [0.717, 1.165) is 18.8 Å². The third kappa shape index (κ3) is 11.3. The van der Waals surface area contributed by atoms with Crippen LogP contribution in [0.3, 0.4) is 0 Å². The zero-order valence-corrected chi connectivity index (χ0v) is 30.4. The number of rotatable bonds is 16. The van der Waals surface area contributed by atoms with Crippen molar-refractivity contribution in [2.75, 3.05) is 31.2 Å². The Kier molecular flexibility index (Phi) is 12.9. The van der Waals surface area contributed by atoms with Gasteiger partial charge in [0.05, 0.1) is 17.0 Å². The number of phenols is 1. The van der Waals surface area contributed by atoms with Crippen LogP contribution in [0, 0.1) is 5.92 Å². The fraction of sp³-hybridized carbons (Fsp3) is 0.516. The van der Waals surface area contributed by atoms with E-state index in [2.05, 4.69) is 44.2 Å². The predicted octanol–water partition coefficient (Wildman–Crippen LogP) is 6.58. The van der Waals surface area contributed by atoms with Crippen molar-refractivity contribution in [3.05, 3.63) is 59.2 Å². The number of carbonyl (C=O) groups is 3. The molecule has 2 aromatic rings. The number of hydrogen-bond acceptors (Lipinski definition) is 9. The topological polar surface area (TPSA) is 112 Å². The quantitative estimate of drug-likeness (QED) is 0.0935. The number of benzene rings is 2. The highest BCUT2D eigenvalue weighted by molar-refractivity contribution is 6.87. The molecule has 0 aliphatic heterocycles. The Bertz CT molecular complexity index is 1250. The monoisotopic (exact) mass is 647 g/mol. The Morgan fingerprint density at radius 2 is 1.33 bits per heavy atom. The minimum atomic E-state index is -2.63. The second-order valence-electron chi connectivity index (χ2n) is 12.7. The van der Waals surface area contributed by atoms with Crippen LogP contribution >= 0.6 is 0 Å². The maximum absolute atomic E-state index is 13.3. The van der Waals surface area contributed by atoms with Crippen molar-refractivity contribution >= 4 is 48.6 Å². The fourth-order valence-corrected chi connectivity index (χ4v) is 17.9. The van der Waals surface area contributed by atoms with Crippen molar-refractivity contribution in [3.63, 3.8) is 0 Å². The average Bonchev–Trinajstić information content (AvgIpc) is 2.88. The van der Waals surface area contributed by atoms with Crippen LogP contribution in [0.1, 0.15) is 47.1 Å². The standard InChI is InChI=1S/C31H49NO8Si3/c1-11-32(12-2)24-17-18-27(28(33)21-24)29(34)25-15-13-14-16-26(25)31(36)38-20-19-37-30(35)23(3)22-43(10,39-41(4,5)6)40-42(7,8)9/h13-18,21,23,33H,11-12,19-20,22H2,1-10H3. The van der Waals surface area contributed by atoms with E-state index in [-0.39, 0.29) is 35.7 Å². The van der Waals surface area contributed by atoms with Crippen molar-refractivity contribution in [2.24, 2.45) is 5.92 Å². The third-order valence-electron chi connectivity index (χ3n) is 6.43. The van der Waals surface area contributed by atoms with Gasteiger partial charge in [-0.1, -0.05) is 25.1 Å². The van der Waals surface area contributed by atoms with E-state index in [9.17, 15) is 19.5 Å². The molecule has 12 heteroatoms. The summed E-state index contributed by atoms with van der Waals surface area (Å²) in [6, 6.07) is 11.6. The molecule has 0 aromatic heterocycles. The number of nitrogens with zero attached hydrogens (tertiary/aromatic N) is 1. The number of anilines is 1. The Labute approximate surface area is 260 Å². The fourth-order valence-electron chi connectivity index (χ4n) is 5.04. The minimum absolute atomic E-state index is 0.0631. The second-order valence-corrected chi connectivity index (χ2v) is 25.5. The lowest BCUT2D eigenvalue weighted by molar-refractivity contribution is -0.148. The maximum atomic E-state index is 13.3. The molecule has 2 aromatic carbocycles. The summed E-state index contributed by atoms with van der Waals surface area (Å²) in [5.74, 6) is -2.24. The molecule has 0 spiro atoms. The molecule has 0 aliphatic carbocycles. The zero-order valence-electron chi connectivity index (χ0n) is 27.4. The van der Waals surface area contributed by atoms with Crippen LogP contribution in [0.25, 0.3) is 0 Å². The van der Waals surface area contributed by atoms with Crippen LogP contribution in [0.5, 0.6) is 5.75 Å². The normalized spacial score (nSPS) is 12.9. The Morgan fingerprint density at radius 3 is 1.84 bits per heavy atom. The molecule has 1 unspecified atom stereocenters. The average molecular weight is 648 g/mol. The molecule has 0 amide bonds. The van der Waals surface area contributed by atoms with Crippen LogP contribution in [0.2, 0.25) is 51.9 Å².